The Morgan fingerprint density at radius 2 is 1.67 bits per heavy atom. The van der Waals surface area contributed by atoms with Crippen molar-refractivity contribution in [1.82, 2.24) is 10.2 Å². The molecule has 4 nitrogen and oxygen atoms in total. The quantitative estimate of drug-likeness (QED) is 0.669. The van der Waals surface area contributed by atoms with Crippen molar-refractivity contribution >= 4 is 0 Å². The van der Waals surface area contributed by atoms with Crippen molar-refractivity contribution in [3.63, 3.8) is 0 Å². The Kier molecular flexibility index (Phi) is 3.14. The van der Waals surface area contributed by atoms with Gasteiger partial charge in [0.15, 0.2) is 0 Å². The number of phenols is 2. The van der Waals surface area contributed by atoms with Crippen LogP contribution in [0.25, 0.3) is 22.4 Å². The second kappa shape index (κ2) is 4.98. The average Bonchev–Trinajstić information content (AvgIpc) is 2.82. The summed E-state index contributed by atoms with van der Waals surface area (Å²) in [5.41, 5.74) is 5.38. The summed E-state index contributed by atoms with van der Waals surface area (Å²) in [5.74, 6) is 0.0373. The molecule has 0 amide bonds. The number of hydrogen-bond donors (Lipinski definition) is 3. The van der Waals surface area contributed by atoms with Crippen LogP contribution in [0.2, 0.25) is 0 Å². The minimum absolute atomic E-state index is 0.00913. The number of H-pyrrole nitrogens is 1. The van der Waals surface area contributed by atoms with Crippen LogP contribution in [0.15, 0.2) is 42.5 Å². The molecule has 0 radical (unpaired) electrons. The van der Waals surface area contributed by atoms with Gasteiger partial charge < -0.3 is 10.2 Å². The van der Waals surface area contributed by atoms with Crippen LogP contribution in [0.1, 0.15) is 11.3 Å². The normalized spacial score (nSPS) is 10.8. The van der Waals surface area contributed by atoms with Crippen LogP contribution in [0.4, 0.5) is 0 Å². The summed E-state index contributed by atoms with van der Waals surface area (Å²) in [6.07, 6.45) is 0. The van der Waals surface area contributed by atoms with Crippen molar-refractivity contribution in [2.24, 2.45) is 0 Å². The number of aromatic amines is 1. The van der Waals surface area contributed by atoms with Gasteiger partial charge in [0.2, 0.25) is 0 Å². The van der Waals surface area contributed by atoms with Gasteiger partial charge in [0.1, 0.15) is 17.2 Å². The first kappa shape index (κ1) is 13.2. The number of hydrogen-bond acceptors (Lipinski definition) is 3. The van der Waals surface area contributed by atoms with Crippen molar-refractivity contribution in [2.75, 3.05) is 0 Å². The largest absolute Gasteiger partial charge is 0.508 e. The molecule has 1 aromatic heterocycles. The average molecular weight is 280 g/mol. The third kappa shape index (κ3) is 2.36. The zero-order chi connectivity index (χ0) is 15.0. The third-order valence-corrected chi connectivity index (χ3v) is 3.52. The highest BCUT2D eigenvalue weighted by Gasteiger charge is 2.17. The van der Waals surface area contributed by atoms with E-state index in [9.17, 15) is 10.2 Å². The number of aryl methyl sites for hydroxylation is 2. The number of rotatable bonds is 2. The fraction of sp³-hybridized carbons (Fsp3) is 0.118. The first-order chi connectivity index (χ1) is 10.1. The second-order valence-corrected chi connectivity index (χ2v) is 5.14. The molecule has 0 bridgehead atoms. The van der Waals surface area contributed by atoms with Crippen molar-refractivity contribution in [3.8, 4) is 33.9 Å². The van der Waals surface area contributed by atoms with E-state index < -0.39 is 0 Å². The Morgan fingerprint density at radius 3 is 2.33 bits per heavy atom. The van der Waals surface area contributed by atoms with Crippen LogP contribution in [0, 0.1) is 13.8 Å². The molecular weight excluding hydrogens is 264 g/mol. The Labute approximate surface area is 122 Å². The first-order valence-electron chi connectivity index (χ1n) is 6.70. The highest BCUT2D eigenvalue weighted by atomic mass is 16.3. The van der Waals surface area contributed by atoms with Crippen LogP contribution in [-0.2, 0) is 0 Å². The van der Waals surface area contributed by atoms with Gasteiger partial charge in [-0.2, -0.15) is 5.10 Å². The molecule has 0 aliphatic heterocycles. The molecule has 0 spiro atoms. The van der Waals surface area contributed by atoms with Gasteiger partial charge in [-0.3, -0.25) is 5.10 Å². The zero-order valence-electron chi connectivity index (χ0n) is 11.9. The third-order valence-electron chi connectivity index (χ3n) is 3.52. The molecule has 0 saturated heterocycles. The molecule has 3 rings (SSSR count). The Hall–Kier alpha value is -2.75. The lowest BCUT2D eigenvalue weighted by atomic mass is 9.98. The molecule has 0 unspecified atom stereocenters. The van der Waals surface area contributed by atoms with E-state index in [-0.39, 0.29) is 11.5 Å². The summed E-state index contributed by atoms with van der Waals surface area (Å²) in [6, 6.07) is 12.7. The van der Waals surface area contributed by atoms with Crippen LogP contribution in [0.3, 0.4) is 0 Å². The van der Waals surface area contributed by atoms with E-state index in [1.807, 2.05) is 38.1 Å². The molecule has 3 aromatic rings. The topological polar surface area (TPSA) is 69.1 Å². The summed E-state index contributed by atoms with van der Waals surface area (Å²) in [5, 5.41) is 26.7. The maximum absolute atomic E-state index is 10.1. The predicted octanol–water partition coefficient (Wildman–Crippen LogP) is 3.77. The first-order valence-corrected chi connectivity index (χ1v) is 6.70. The number of benzene rings is 2. The van der Waals surface area contributed by atoms with Gasteiger partial charge in [0, 0.05) is 22.9 Å². The predicted molar refractivity (Wildman–Crippen MR) is 82.3 cm³/mol. The van der Waals surface area contributed by atoms with Crippen LogP contribution in [0.5, 0.6) is 11.5 Å². The van der Waals surface area contributed by atoms with Gasteiger partial charge in [-0.15, -0.1) is 0 Å². The van der Waals surface area contributed by atoms with Crippen LogP contribution < -0.4 is 0 Å². The Balaban J connectivity index is 2.19. The maximum Gasteiger partial charge on any atom is 0.128 e. The van der Waals surface area contributed by atoms with Gasteiger partial charge in [0.05, 0.1) is 0 Å². The van der Waals surface area contributed by atoms with E-state index in [1.165, 1.54) is 17.7 Å². The summed E-state index contributed by atoms with van der Waals surface area (Å²) >= 11 is 0. The minimum Gasteiger partial charge on any atom is -0.508 e. The number of nitrogens with zero attached hydrogens (tertiary/aromatic N) is 1. The van der Waals surface area contributed by atoms with Crippen LogP contribution in [-0.4, -0.2) is 20.4 Å². The second-order valence-electron chi connectivity index (χ2n) is 5.14. The van der Waals surface area contributed by atoms with Gasteiger partial charge in [-0.1, -0.05) is 29.8 Å². The molecule has 0 aliphatic carbocycles. The Morgan fingerprint density at radius 1 is 0.952 bits per heavy atom. The molecule has 4 heteroatoms. The minimum atomic E-state index is 0.00913. The van der Waals surface area contributed by atoms with E-state index in [1.54, 1.807) is 6.07 Å². The number of aromatic nitrogens is 2. The number of phenolic OH excluding ortho intramolecular Hbond substituents is 2. The number of nitrogens with one attached hydrogen (secondary N) is 1. The smallest absolute Gasteiger partial charge is 0.128 e. The molecule has 1 heterocycles. The lowest BCUT2D eigenvalue weighted by molar-refractivity contribution is 0.452. The molecule has 21 heavy (non-hydrogen) atoms. The maximum atomic E-state index is 10.1. The highest BCUT2D eigenvalue weighted by Crippen LogP contribution is 2.38. The van der Waals surface area contributed by atoms with E-state index in [0.717, 1.165) is 16.8 Å². The van der Waals surface area contributed by atoms with Crippen molar-refractivity contribution in [1.29, 1.82) is 0 Å². The molecule has 0 atom stereocenters. The van der Waals surface area contributed by atoms with Crippen LogP contribution >= 0.6 is 0 Å². The fourth-order valence-corrected chi connectivity index (χ4v) is 2.42. The molecule has 2 aromatic carbocycles. The van der Waals surface area contributed by atoms with E-state index in [4.69, 9.17) is 0 Å². The van der Waals surface area contributed by atoms with Crippen molar-refractivity contribution < 1.29 is 10.2 Å². The van der Waals surface area contributed by atoms with E-state index in [2.05, 4.69) is 10.2 Å². The van der Waals surface area contributed by atoms with Gasteiger partial charge >= 0.3 is 0 Å². The Bertz CT molecular complexity index is 789. The van der Waals surface area contributed by atoms with Crippen molar-refractivity contribution in [3.05, 3.63) is 53.7 Å². The lowest BCUT2D eigenvalue weighted by Crippen LogP contribution is -1.85. The highest BCUT2D eigenvalue weighted by molar-refractivity contribution is 5.85. The van der Waals surface area contributed by atoms with E-state index in [0.29, 0.717) is 11.3 Å². The molecular formula is C17H16N2O2. The SMILES string of the molecule is Cc1ccc(-c2c(-c3ccc(O)cc3O)n[nH]c2C)cc1. The number of aromatic hydroxyl groups is 2. The molecule has 106 valence electrons. The van der Waals surface area contributed by atoms with E-state index >= 15 is 0 Å². The molecule has 0 saturated carbocycles. The molecule has 0 aliphatic rings. The van der Waals surface area contributed by atoms with Gasteiger partial charge in [-0.05, 0) is 31.5 Å². The van der Waals surface area contributed by atoms with Crippen molar-refractivity contribution in [2.45, 2.75) is 13.8 Å². The molecule has 0 fully saturated rings. The summed E-state index contributed by atoms with van der Waals surface area (Å²) in [6.45, 7) is 3.99. The van der Waals surface area contributed by atoms with Gasteiger partial charge in [0.25, 0.3) is 0 Å². The van der Waals surface area contributed by atoms with Gasteiger partial charge in [-0.25, -0.2) is 0 Å². The summed E-state index contributed by atoms with van der Waals surface area (Å²) in [4.78, 5) is 0. The monoisotopic (exact) mass is 280 g/mol. The standard InChI is InChI=1S/C17H16N2O2/c1-10-3-5-12(6-4-10)16-11(2)18-19-17(16)14-8-7-13(20)9-15(14)21/h3-9,20-21H,1-2H3,(H,18,19). The zero-order valence-corrected chi connectivity index (χ0v) is 11.9. The fourth-order valence-electron chi connectivity index (χ4n) is 2.42. The summed E-state index contributed by atoms with van der Waals surface area (Å²) < 4.78 is 0. The summed E-state index contributed by atoms with van der Waals surface area (Å²) in [7, 11) is 0. The lowest BCUT2D eigenvalue weighted by Gasteiger charge is -2.07. The molecule has 3 N–H and O–H groups in total.